The molecule has 0 bridgehead atoms. The van der Waals surface area contributed by atoms with E-state index in [0.29, 0.717) is 39.6 Å². The van der Waals surface area contributed by atoms with Crippen LogP contribution in [0.15, 0.2) is 66.2 Å². The van der Waals surface area contributed by atoms with Crippen LogP contribution in [0.3, 0.4) is 0 Å². The lowest BCUT2D eigenvalue weighted by molar-refractivity contribution is -0.132. The average Bonchev–Trinajstić information content (AvgIpc) is 3.15. The highest BCUT2D eigenvalue weighted by Crippen LogP contribution is 2.43. The van der Waals surface area contributed by atoms with Gasteiger partial charge in [-0.3, -0.25) is 19.3 Å². The van der Waals surface area contributed by atoms with Crippen molar-refractivity contribution >= 4 is 34.7 Å². The molecule has 8 nitrogen and oxygen atoms in total. The van der Waals surface area contributed by atoms with Crippen LogP contribution in [0.1, 0.15) is 35.2 Å². The van der Waals surface area contributed by atoms with Gasteiger partial charge >= 0.3 is 0 Å². The summed E-state index contributed by atoms with van der Waals surface area (Å²) < 4.78 is 10.8. The summed E-state index contributed by atoms with van der Waals surface area (Å²) in [6.45, 7) is 5.04. The molecule has 2 amide bonds. The lowest BCUT2D eigenvalue weighted by Gasteiger charge is -2.26. The number of rotatable bonds is 6. The van der Waals surface area contributed by atoms with Crippen molar-refractivity contribution in [2.75, 3.05) is 24.4 Å². The number of nitrogens with zero attached hydrogens (tertiary/aromatic N) is 1. The van der Waals surface area contributed by atoms with E-state index in [-0.39, 0.29) is 17.2 Å². The maximum Gasteiger partial charge on any atom is 0.300 e. The molecule has 8 heteroatoms. The third-order valence-electron chi connectivity index (χ3n) is 6.32. The number of nitrogens with one attached hydrogen (secondary N) is 1. The fourth-order valence-electron chi connectivity index (χ4n) is 4.54. The summed E-state index contributed by atoms with van der Waals surface area (Å²) in [4.78, 5) is 39.6. The Labute approximate surface area is 215 Å². The van der Waals surface area contributed by atoms with Gasteiger partial charge in [-0.05, 0) is 79.1 Å². The molecule has 1 atom stereocenters. The number of ether oxygens (including phenoxy) is 2. The summed E-state index contributed by atoms with van der Waals surface area (Å²) in [5, 5.41) is 14.2. The maximum atomic E-state index is 13.5. The van der Waals surface area contributed by atoms with Gasteiger partial charge < -0.3 is 19.9 Å². The van der Waals surface area contributed by atoms with E-state index >= 15 is 0 Å². The second-order valence-corrected chi connectivity index (χ2v) is 8.81. The highest BCUT2D eigenvalue weighted by atomic mass is 16.5. The van der Waals surface area contributed by atoms with Gasteiger partial charge in [-0.1, -0.05) is 12.1 Å². The van der Waals surface area contributed by atoms with Crippen LogP contribution in [0.25, 0.3) is 5.76 Å². The van der Waals surface area contributed by atoms with Crippen molar-refractivity contribution in [2.24, 2.45) is 0 Å². The van der Waals surface area contributed by atoms with E-state index in [9.17, 15) is 19.5 Å². The van der Waals surface area contributed by atoms with Crippen LogP contribution >= 0.6 is 0 Å². The number of aryl methyl sites for hydroxylation is 2. The third kappa shape index (κ3) is 4.78. The Bertz CT molecular complexity index is 1420. The highest BCUT2D eigenvalue weighted by molar-refractivity contribution is 6.51. The lowest BCUT2D eigenvalue weighted by atomic mass is 9.93. The van der Waals surface area contributed by atoms with Crippen molar-refractivity contribution in [3.63, 3.8) is 0 Å². The molecule has 0 spiro atoms. The molecule has 190 valence electrons. The largest absolute Gasteiger partial charge is 0.507 e. The lowest BCUT2D eigenvalue weighted by Crippen LogP contribution is -2.29. The summed E-state index contributed by atoms with van der Waals surface area (Å²) in [5.41, 5.74) is 3.45. The van der Waals surface area contributed by atoms with Gasteiger partial charge in [0.1, 0.15) is 17.3 Å². The van der Waals surface area contributed by atoms with Gasteiger partial charge in [-0.2, -0.15) is 0 Å². The number of carbonyl (C=O) groups is 3. The van der Waals surface area contributed by atoms with Crippen LogP contribution in [0.2, 0.25) is 0 Å². The maximum absolute atomic E-state index is 13.5. The number of aliphatic hydroxyl groups is 1. The van der Waals surface area contributed by atoms with E-state index in [1.807, 2.05) is 6.92 Å². The zero-order chi connectivity index (χ0) is 26.9. The number of Topliss-reactive ketones (excluding diaryl/α,β-unsaturated/α-hetero) is 1. The number of anilines is 2. The molecule has 0 aromatic heterocycles. The highest BCUT2D eigenvalue weighted by Gasteiger charge is 2.47. The van der Waals surface area contributed by atoms with Crippen molar-refractivity contribution in [1.82, 2.24) is 0 Å². The number of benzene rings is 3. The molecule has 3 aromatic rings. The molecule has 1 heterocycles. The summed E-state index contributed by atoms with van der Waals surface area (Å²) >= 11 is 0. The number of carbonyl (C=O) groups excluding carboxylic acids is 3. The van der Waals surface area contributed by atoms with Crippen molar-refractivity contribution in [2.45, 2.75) is 26.8 Å². The van der Waals surface area contributed by atoms with Crippen LogP contribution < -0.4 is 19.7 Å². The van der Waals surface area contributed by atoms with Crippen LogP contribution in [-0.4, -0.2) is 36.9 Å². The van der Waals surface area contributed by atoms with E-state index < -0.39 is 17.7 Å². The fourth-order valence-corrected chi connectivity index (χ4v) is 4.54. The molecule has 2 N–H and O–H groups in total. The number of aliphatic hydroxyl groups excluding tert-OH is 1. The zero-order valence-corrected chi connectivity index (χ0v) is 21.3. The first-order valence-electron chi connectivity index (χ1n) is 11.6. The number of hydrogen-bond acceptors (Lipinski definition) is 6. The van der Waals surface area contributed by atoms with E-state index in [1.165, 1.54) is 18.9 Å². The molecule has 0 aliphatic carbocycles. The first-order chi connectivity index (χ1) is 17.7. The molecule has 1 aliphatic rings. The smallest absolute Gasteiger partial charge is 0.300 e. The summed E-state index contributed by atoms with van der Waals surface area (Å²) in [5.74, 6) is -0.881. The van der Waals surface area contributed by atoms with Gasteiger partial charge in [0.05, 0.1) is 25.8 Å². The fraction of sp³-hybridized carbons (Fsp3) is 0.207. The van der Waals surface area contributed by atoms with Crippen LogP contribution in [0.5, 0.6) is 11.5 Å². The van der Waals surface area contributed by atoms with Gasteiger partial charge in [0.2, 0.25) is 5.91 Å². The molecule has 1 unspecified atom stereocenters. The van der Waals surface area contributed by atoms with E-state index in [0.717, 1.165) is 5.56 Å². The molecule has 0 saturated carbocycles. The molecule has 0 radical (unpaired) electrons. The Balaban J connectivity index is 1.93. The SMILES string of the molecule is COc1cccc(C2/C(=C(\O)c3cc(C)c(OC)cc3C)C(=O)C(=O)N2c2ccc(NC(C)=O)cc2)c1. The summed E-state index contributed by atoms with van der Waals surface area (Å²) in [6, 6.07) is 16.2. The van der Waals surface area contributed by atoms with Gasteiger partial charge in [0.25, 0.3) is 11.7 Å². The van der Waals surface area contributed by atoms with E-state index in [1.54, 1.807) is 74.7 Å². The second-order valence-electron chi connectivity index (χ2n) is 8.81. The topological polar surface area (TPSA) is 105 Å². The van der Waals surface area contributed by atoms with Gasteiger partial charge in [-0.25, -0.2) is 0 Å². The van der Waals surface area contributed by atoms with Crippen LogP contribution in [0.4, 0.5) is 11.4 Å². The van der Waals surface area contributed by atoms with Crippen molar-refractivity contribution in [1.29, 1.82) is 0 Å². The van der Waals surface area contributed by atoms with Crippen molar-refractivity contribution < 1.29 is 29.0 Å². The Morgan fingerprint density at radius 3 is 2.27 bits per heavy atom. The monoisotopic (exact) mass is 500 g/mol. The normalized spacial score (nSPS) is 16.6. The van der Waals surface area contributed by atoms with E-state index in [4.69, 9.17) is 9.47 Å². The molecular weight excluding hydrogens is 472 g/mol. The Morgan fingerprint density at radius 2 is 1.65 bits per heavy atom. The predicted molar refractivity (Wildman–Crippen MR) is 141 cm³/mol. The van der Waals surface area contributed by atoms with Crippen molar-refractivity contribution in [3.8, 4) is 11.5 Å². The minimum Gasteiger partial charge on any atom is -0.507 e. The predicted octanol–water partition coefficient (Wildman–Crippen LogP) is 4.91. The summed E-state index contributed by atoms with van der Waals surface area (Å²) in [7, 11) is 3.09. The molecule has 37 heavy (non-hydrogen) atoms. The Hall–Kier alpha value is -4.59. The van der Waals surface area contributed by atoms with Gasteiger partial charge in [0.15, 0.2) is 0 Å². The minimum atomic E-state index is -0.913. The minimum absolute atomic E-state index is 0.0307. The molecular formula is C29H28N2O6. The quantitative estimate of drug-likeness (QED) is 0.283. The summed E-state index contributed by atoms with van der Waals surface area (Å²) in [6.07, 6.45) is 0. The number of amides is 2. The molecule has 1 saturated heterocycles. The molecule has 1 fully saturated rings. The first kappa shape index (κ1) is 25.5. The Kier molecular flexibility index (Phi) is 7.02. The van der Waals surface area contributed by atoms with Crippen LogP contribution in [0, 0.1) is 13.8 Å². The van der Waals surface area contributed by atoms with Gasteiger partial charge in [-0.15, -0.1) is 0 Å². The number of ketones is 1. The van der Waals surface area contributed by atoms with Crippen molar-refractivity contribution in [3.05, 3.63) is 88.5 Å². The standard InChI is InChI=1S/C29H28N2O6/c1-16-14-24(37-5)17(2)13-23(16)27(33)25-26(19-7-6-8-22(15-19)36-4)31(29(35)28(25)34)21-11-9-20(10-12-21)30-18(3)32/h6-15,26,33H,1-5H3,(H,30,32)/b27-25+. The molecule has 3 aromatic carbocycles. The molecule has 1 aliphatic heterocycles. The van der Waals surface area contributed by atoms with Gasteiger partial charge in [0, 0.05) is 23.9 Å². The Morgan fingerprint density at radius 1 is 0.946 bits per heavy atom. The molecule has 4 rings (SSSR count). The average molecular weight is 501 g/mol. The van der Waals surface area contributed by atoms with E-state index in [2.05, 4.69) is 5.32 Å². The first-order valence-corrected chi connectivity index (χ1v) is 11.6. The zero-order valence-electron chi connectivity index (χ0n) is 21.3. The second kappa shape index (κ2) is 10.2. The third-order valence-corrected chi connectivity index (χ3v) is 6.32. The number of methoxy groups -OCH3 is 2. The van der Waals surface area contributed by atoms with Crippen LogP contribution in [-0.2, 0) is 14.4 Å². The number of hydrogen-bond donors (Lipinski definition) is 2.